The van der Waals surface area contributed by atoms with Gasteiger partial charge in [0.15, 0.2) is 0 Å². The lowest BCUT2D eigenvalue weighted by molar-refractivity contribution is 0.0200. The second-order valence-corrected chi connectivity index (χ2v) is 5.26. The molecule has 0 spiro atoms. The number of hydrogen-bond donors (Lipinski definition) is 1. The van der Waals surface area contributed by atoms with E-state index in [2.05, 4.69) is 10.5 Å². The zero-order valence-electron chi connectivity index (χ0n) is 13.6. The summed E-state index contributed by atoms with van der Waals surface area (Å²) in [7, 11) is 0. The molecule has 5 heteroatoms. The lowest BCUT2D eigenvalue weighted by atomic mass is 10.0. The van der Waals surface area contributed by atoms with E-state index in [-0.39, 0.29) is 12.5 Å². The van der Waals surface area contributed by atoms with Crippen molar-refractivity contribution in [3.8, 4) is 16.9 Å². The van der Waals surface area contributed by atoms with E-state index in [9.17, 15) is 4.79 Å². The molecular formula is C20H18N2O3. The van der Waals surface area contributed by atoms with Gasteiger partial charge in [0.05, 0.1) is 0 Å². The van der Waals surface area contributed by atoms with E-state index >= 15 is 0 Å². The Morgan fingerprint density at radius 3 is 2.48 bits per heavy atom. The molecule has 0 saturated carbocycles. The van der Waals surface area contributed by atoms with Gasteiger partial charge in [0.2, 0.25) is 0 Å². The monoisotopic (exact) mass is 334 g/mol. The molecule has 1 aromatic heterocycles. The molecule has 1 heterocycles. The largest absolute Gasteiger partial charge is 0.491 e. The average Bonchev–Trinajstić information content (AvgIpc) is 2.69. The van der Waals surface area contributed by atoms with Gasteiger partial charge in [-0.05, 0) is 47.5 Å². The topological polar surface area (TPSA) is 60.5 Å². The smallest absolute Gasteiger partial charge is 0.274 e. The van der Waals surface area contributed by atoms with Crippen molar-refractivity contribution in [3.63, 3.8) is 0 Å². The van der Waals surface area contributed by atoms with Crippen LogP contribution in [0.1, 0.15) is 10.4 Å². The zero-order chi connectivity index (χ0) is 17.3. The van der Waals surface area contributed by atoms with E-state index in [1.165, 1.54) is 0 Å². The highest BCUT2D eigenvalue weighted by atomic mass is 16.7. The molecule has 0 radical (unpaired) electrons. The van der Waals surface area contributed by atoms with Crippen LogP contribution in [0.2, 0.25) is 0 Å². The van der Waals surface area contributed by atoms with Gasteiger partial charge < -0.3 is 4.74 Å². The summed E-state index contributed by atoms with van der Waals surface area (Å²) in [5.41, 5.74) is 4.91. The van der Waals surface area contributed by atoms with Gasteiger partial charge in [-0.25, -0.2) is 5.48 Å². The first-order valence-corrected chi connectivity index (χ1v) is 7.93. The number of ether oxygens (including phenoxy) is 1. The van der Waals surface area contributed by atoms with Crippen LogP contribution in [-0.2, 0) is 4.84 Å². The number of hydroxylamine groups is 1. The molecular weight excluding hydrogens is 316 g/mol. The van der Waals surface area contributed by atoms with E-state index in [0.717, 1.165) is 16.9 Å². The second-order valence-electron chi connectivity index (χ2n) is 5.26. The second kappa shape index (κ2) is 8.61. The Kier molecular flexibility index (Phi) is 5.74. The summed E-state index contributed by atoms with van der Waals surface area (Å²) in [6.45, 7) is 0.603. The Morgan fingerprint density at radius 1 is 0.880 bits per heavy atom. The first-order chi connectivity index (χ1) is 12.3. The predicted octanol–water partition coefficient (Wildman–Crippen LogP) is 3.49. The summed E-state index contributed by atoms with van der Waals surface area (Å²) in [5.74, 6) is 0.470. The maximum absolute atomic E-state index is 12.2. The molecule has 5 nitrogen and oxygen atoms in total. The Morgan fingerprint density at radius 2 is 1.68 bits per heavy atom. The number of pyridine rings is 1. The van der Waals surface area contributed by atoms with Crippen LogP contribution < -0.4 is 10.2 Å². The number of carbonyl (C=O) groups excluding carboxylic acids is 1. The van der Waals surface area contributed by atoms with Crippen molar-refractivity contribution < 1.29 is 14.4 Å². The van der Waals surface area contributed by atoms with Crippen LogP contribution in [0.15, 0.2) is 79.1 Å². The maximum Gasteiger partial charge on any atom is 0.274 e. The molecule has 0 unspecified atom stereocenters. The molecule has 0 aliphatic rings. The average molecular weight is 334 g/mol. The van der Waals surface area contributed by atoms with Gasteiger partial charge in [-0.15, -0.1) is 0 Å². The summed E-state index contributed by atoms with van der Waals surface area (Å²) in [6, 6.07) is 20.6. The van der Waals surface area contributed by atoms with Crippen LogP contribution in [-0.4, -0.2) is 24.1 Å². The van der Waals surface area contributed by atoms with Crippen molar-refractivity contribution in [2.24, 2.45) is 0 Å². The molecule has 25 heavy (non-hydrogen) atoms. The normalized spacial score (nSPS) is 10.2. The number of nitrogens with zero attached hydrogens (tertiary/aromatic N) is 1. The summed E-state index contributed by atoms with van der Waals surface area (Å²) in [5, 5.41) is 0. The lowest BCUT2D eigenvalue weighted by Gasteiger charge is -2.09. The summed E-state index contributed by atoms with van der Waals surface area (Å²) < 4.78 is 5.49. The molecule has 0 atom stereocenters. The molecule has 0 aliphatic heterocycles. The minimum absolute atomic E-state index is 0.255. The highest BCUT2D eigenvalue weighted by Gasteiger charge is 2.07. The third-order valence-electron chi connectivity index (χ3n) is 3.50. The number of hydrogen-bond acceptors (Lipinski definition) is 4. The quantitative estimate of drug-likeness (QED) is 0.531. The third-order valence-corrected chi connectivity index (χ3v) is 3.50. The fraction of sp³-hybridized carbons (Fsp3) is 0.100. The molecule has 2 aromatic carbocycles. The number of aromatic nitrogens is 1. The Bertz CT molecular complexity index is 807. The predicted molar refractivity (Wildman–Crippen MR) is 95.0 cm³/mol. The van der Waals surface area contributed by atoms with Gasteiger partial charge >= 0.3 is 0 Å². The van der Waals surface area contributed by atoms with E-state index < -0.39 is 0 Å². The first-order valence-electron chi connectivity index (χ1n) is 7.93. The van der Waals surface area contributed by atoms with E-state index in [0.29, 0.717) is 12.2 Å². The van der Waals surface area contributed by atoms with E-state index in [4.69, 9.17) is 9.57 Å². The Labute approximate surface area is 146 Å². The number of amides is 1. The van der Waals surface area contributed by atoms with Gasteiger partial charge in [0.25, 0.3) is 5.91 Å². The molecule has 0 bridgehead atoms. The van der Waals surface area contributed by atoms with Gasteiger partial charge in [-0.1, -0.05) is 30.3 Å². The van der Waals surface area contributed by atoms with Crippen molar-refractivity contribution in [2.75, 3.05) is 13.2 Å². The van der Waals surface area contributed by atoms with Crippen molar-refractivity contribution in [1.29, 1.82) is 0 Å². The molecule has 3 aromatic rings. The number of rotatable bonds is 7. The SMILES string of the molecule is O=C(NOCCOc1ccccc1)c1cccc(-c2ccncc2)c1. The number of benzene rings is 2. The van der Waals surface area contributed by atoms with Gasteiger partial charge in [0, 0.05) is 18.0 Å². The van der Waals surface area contributed by atoms with Crippen LogP contribution >= 0.6 is 0 Å². The van der Waals surface area contributed by atoms with Crippen molar-refractivity contribution in [2.45, 2.75) is 0 Å². The van der Waals surface area contributed by atoms with Crippen LogP contribution in [0, 0.1) is 0 Å². The Hall–Kier alpha value is -3.18. The lowest BCUT2D eigenvalue weighted by Crippen LogP contribution is -2.26. The van der Waals surface area contributed by atoms with Crippen molar-refractivity contribution in [1.82, 2.24) is 10.5 Å². The number of nitrogens with one attached hydrogen (secondary N) is 1. The van der Waals surface area contributed by atoms with Crippen molar-refractivity contribution >= 4 is 5.91 Å². The molecule has 126 valence electrons. The van der Waals surface area contributed by atoms with Gasteiger partial charge in [0.1, 0.15) is 19.0 Å². The molecule has 0 saturated heterocycles. The highest BCUT2D eigenvalue weighted by molar-refractivity contribution is 5.94. The molecule has 3 rings (SSSR count). The third kappa shape index (κ3) is 4.89. The molecule has 1 amide bonds. The summed E-state index contributed by atoms with van der Waals surface area (Å²) >= 11 is 0. The number of para-hydroxylation sites is 1. The van der Waals surface area contributed by atoms with E-state index in [1.54, 1.807) is 18.5 Å². The van der Waals surface area contributed by atoms with Gasteiger partial charge in [-0.2, -0.15) is 0 Å². The zero-order valence-corrected chi connectivity index (χ0v) is 13.6. The van der Waals surface area contributed by atoms with Crippen LogP contribution in [0.3, 0.4) is 0 Å². The Balaban J connectivity index is 1.48. The minimum Gasteiger partial charge on any atom is -0.491 e. The molecule has 0 aliphatic carbocycles. The maximum atomic E-state index is 12.2. The standard InChI is InChI=1S/C20H18N2O3/c23-20(22-25-14-13-24-19-7-2-1-3-8-19)18-6-4-5-17(15-18)16-9-11-21-12-10-16/h1-12,15H,13-14H2,(H,22,23). The first kappa shape index (κ1) is 16.7. The highest BCUT2D eigenvalue weighted by Crippen LogP contribution is 2.19. The van der Waals surface area contributed by atoms with Crippen LogP contribution in [0.25, 0.3) is 11.1 Å². The number of carbonyl (C=O) groups is 1. The van der Waals surface area contributed by atoms with Crippen LogP contribution in [0.5, 0.6) is 5.75 Å². The summed E-state index contributed by atoms with van der Waals surface area (Å²) in [6.07, 6.45) is 3.44. The van der Waals surface area contributed by atoms with E-state index in [1.807, 2.05) is 60.7 Å². The summed E-state index contributed by atoms with van der Waals surface area (Å²) in [4.78, 5) is 21.4. The fourth-order valence-electron chi connectivity index (χ4n) is 2.28. The fourth-order valence-corrected chi connectivity index (χ4v) is 2.28. The molecule has 0 fully saturated rings. The van der Waals surface area contributed by atoms with Gasteiger partial charge in [-0.3, -0.25) is 14.6 Å². The van der Waals surface area contributed by atoms with Crippen molar-refractivity contribution in [3.05, 3.63) is 84.7 Å². The van der Waals surface area contributed by atoms with Crippen LogP contribution in [0.4, 0.5) is 0 Å². The minimum atomic E-state index is -0.296. The molecule has 1 N–H and O–H groups in total.